The van der Waals surface area contributed by atoms with Crippen LogP contribution in [0.2, 0.25) is 0 Å². The van der Waals surface area contributed by atoms with Crippen molar-refractivity contribution in [2.24, 2.45) is 0 Å². The van der Waals surface area contributed by atoms with Gasteiger partial charge in [-0.2, -0.15) is 0 Å². The van der Waals surface area contributed by atoms with Crippen molar-refractivity contribution >= 4 is 11.9 Å². The minimum absolute atomic E-state index is 0.0111. The topological polar surface area (TPSA) is 57.6 Å². The van der Waals surface area contributed by atoms with E-state index in [2.05, 4.69) is 0 Å². The van der Waals surface area contributed by atoms with Crippen LogP contribution in [0.3, 0.4) is 0 Å². The molecule has 19 heavy (non-hydrogen) atoms. The van der Waals surface area contributed by atoms with E-state index in [4.69, 9.17) is 5.11 Å². The van der Waals surface area contributed by atoms with Gasteiger partial charge in [-0.05, 0) is 24.5 Å². The third-order valence-electron chi connectivity index (χ3n) is 3.41. The lowest BCUT2D eigenvalue weighted by atomic mass is 10.1. The first kappa shape index (κ1) is 13.5. The van der Waals surface area contributed by atoms with E-state index < -0.39 is 11.8 Å². The summed E-state index contributed by atoms with van der Waals surface area (Å²) in [6.45, 7) is 0.561. The van der Waals surface area contributed by atoms with Gasteiger partial charge >= 0.3 is 5.97 Å². The van der Waals surface area contributed by atoms with Gasteiger partial charge in [-0.25, -0.2) is 4.39 Å². The van der Waals surface area contributed by atoms with Crippen molar-refractivity contribution < 1.29 is 19.1 Å². The molecule has 1 aromatic rings. The maximum atomic E-state index is 13.5. The molecule has 0 saturated carbocycles. The number of rotatable bonds is 4. The average molecular weight is 265 g/mol. The molecule has 1 amide bonds. The molecule has 0 aromatic heterocycles. The predicted octanol–water partition coefficient (Wildman–Crippen LogP) is 1.83. The number of nitrogens with zero attached hydrogens (tertiary/aromatic N) is 1. The average Bonchev–Trinajstić information content (AvgIpc) is 2.79. The molecule has 1 fully saturated rings. The van der Waals surface area contributed by atoms with Crippen LogP contribution in [0.5, 0.6) is 0 Å². The molecule has 1 aliphatic rings. The summed E-state index contributed by atoms with van der Waals surface area (Å²) in [7, 11) is 0. The first-order valence-corrected chi connectivity index (χ1v) is 6.32. The number of carbonyl (C=O) groups excluding carboxylic acids is 1. The highest BCUT2D eigenvalue weighted by Gasteiger charge is 2.30. The van der Waals surface area contributed by atoms with Crippen LogP contribution in [-0.4, -0.2) is 34.5 Å². The number of halogens is 1. The van der Waals surface area contributed by atoms with Gasteiger partial charge in [-0.1, -0.05) is 18.2 Å². The fourth-order valence-corrected chi connectivity index (χ4v) is 2.48. The van der Waals surface area contributed by atoms with Gasteiger partial charge in [0.05, 0.1) is 12.8 Å². The first-order valence-electron chi connectivity index (χ1n) is 6.32. The molecule has 102 valence electrons. The largest absolute Gasteiger partial charge is 0.481 e. The fourth-order valence-electron chi connectivity index (χ4n) is 2.48. The molecule has 1 atom stereocenters. The highest BCUT2D eigenvalue weighted by molar-refractivity contribution is 5.80. The summed E-state index contributed by atoms with van der Waals surface area (Å²) in [5, 5.41) is 8.81. The van der Waals surface area contributed by atoms with Crippen molar-refractivity contribution in [1.82, 2.24) is 4.90 Å². The molecular formula is C14H16FNO3. The predicted molar refractivity (Wildman–Crippen MR) is 67.1 cm³/mol. The normalized spacial score (nSPS) is 18.6. The summed E-state index contributed by atoms with van der Waals surface area (Å²) in [6, 6.07) is 5.91. The van der Waals surface area contributed by atoms with Gasteiger partial charge in [0.1, 0.15) is 5.82 Å². The van der Waals surface area contributed by atoms with Crippen LogP contribution >= 0.6 is 0 Å². The minimum Gasteiger partial charge on any atom is -0.481 e. The minimum atomic E-state index is -0.907. The van der Waals surface area contributed by atoms with E-state index in [-0.39, 0.29) is 24.8 Å². The number of amides is 1. The van der Waals surface area contributed by atoms with Crippen molar-refractivity contribution in [1.29, 1.82) is 0 Å². The monoisotopic (exact) mass is 265 g/mol. The van der Waals surface area contributed by atoms with E-state index in [9.17, 15) is 14.0 Å². The molecule has 0 aliphatic carbocycles. The van der Waals surface area contributed by atoms with Crippen LogP contribution in [0.25, 0.3) is 0 Å². The molecule has 0 radical (unpaired) electrons. The SMILES string of the molecule is O=C(O)CC1CCCN1C(=O)Cc1ccccc1F. The Morgan fingerprint density at radius 1 is 1.37 bits per heavy atom. The number of carbonyl (C=O) groups is 2. The Labute approximate surface area is 110 Å². The maximum absolute atomic E-state index is 13.5. The molecule has 1 unspecified atom stereocenters. The lowest BCUT2D eigenvalue weighted by molar-refractivity contribution is -0.139. The molecule has 1 heterocycles. The number of likely N-dealkylation sites (tertiary alicyclic amines) is 1. The Hall–Kier alpha value is -1.91. The van der Waals surface area contributed by atoms with E-state index in [0.29, 0.717) is 18.5 Å². The summed E-state index contributed by atoms with van der Waals surface area (Å²) >= 11 is 0. The zero-order valence-corrected chi connectivity index (χ0v) is 10.5. The molecule has 5 heteroatoms. The molecular weight excluding hydrogens is 249 g/mol. The smallest absolute Gasteiger partial charge is 0.305 e. The van der Waals surface area contributed by atoms with Crippen molar-refractivity contribution in [2.45, 2.75) is 31.7 Å². The lowest BCUT2D eigenvalue weighted by Gasteiger charge is -2.23. The molecule has 0 bridgehead atoms. The highest BCUT2D eigenvalue weighted by atomic mass is 19.1. The van der Waals surface area contributed by atoms with E-state index in [1.165, 1.54) is 6.07 Å². The van der Waals surface area contributed by atoms with Crippen molar-refractivity contribution in [3.63, 3.8) is 0 Å². The molecule has 4 nitrogen and oxygen atoms in total. The summed E-state index contributed by atoms with van der Waals surface area (Å²) in [6.07, 6.45) is 1.46. The molecule has 1 aliphatic heterocycles. The van der Waals surface area contributed by atoms with Crippen molar-refractivity contribution in [3.8, 4) is 0 Å². The second-order valence-corrected chi connectivity index (χ2v) is 4.75. The molecule has 2 rings (SSSR count). The molecule has 1 N–H and O–H groups in total. The quantitative estimate of drug-likeness (QED) is 0.903. The van der Waals surface area contributed by atoms with Gasteiger partial charge in [0.15, 0.2) is 0 Å². The fraction of sp³-hybridized carbons (Fsp3) is 0.429. The summed E-state index contributed by atoms with van der Waals surface area (Å²) < 4.78 is 13.5. The van der Waals surface area contributed by atoms with Crippen LogP contribution in [0.4, 0.5) is 4.39 Å². The van der Waals surface area contributed by atoms with Gasteiger partial charge in [0.2, 0.25) is 5.91 Å². The Morgan fingerprint density at radius 3 is 2.79 bits per heavy atom. The van der Waals surface area contributed by atoms with E-state index in [1.807, 2.05) is 0 Å². The maximum Gasteiger partial charge on any atom is 0.305 e. The summed E-state index contributed by atoms with van der Waals surface area (Å²) in [5.74, 6) is -1.51. The standard InChI is InChI=1S/C14H16FNO3/c15-12-6-2-1-4-10(12)8-13(17)16-7-3-5-11(16)9-14(18)19/h1-2,4,6,11H,3,5,7-9H2,(H,18,19). The Balaban J connectivity index is 2.03. The van der Waals surface area contributed by atoms with Crippen molar-refractivity contribution in [2.75, 3.05) is 6.54 Å². The second kappa shape index (κ2) is 5.82. The molecule has 0 spiro atoms. The first-order chi connectivity index (χ1) is 9.08. The Kier molecular flexibility index (Phi) is 4.14. The van der Waals surface area contributed by atoms with E-state index >= 15 is 0 Å². The lowest BCUT2D eigenvalue weighted by Crippen LogP contribution is -2.37. The summed E-state index contributed by atoms with van der Waals surface area (Å²) in [4.78, 5) is 24.4. The number of hydrogen-bond acceptors (Lipinski definition) is 2. The van der Waals surface area contributed by atoms with Gasteiger partial charge in [-0.3, -0.25) is 9.59 Å². The second-order valence-electron chi connectivity index (χ2n) is 4.75. The number of aliphatic carboxylic acids is 1. The van der Waals surface area contributed by atoms with Crippen LogP contribution in [-0.2, 0) is 16.0 Å². The number of carboxylic acids is 1. The van der Waals surface area contributed by atoms with Crippen LogP contribution in [0.15, 0.2) is 24.3 Å². The van der Waals surface area contributed by atoms with Gasteiger partial charge in [0, 0.05) is 12.6 Å². The highest BCUT2D eigenvalue weighted by Crippen LogP contribution is 2.21. The van der Waals surface area contributed by atoms with Crippen molar-refractivity contribution in [3.05, 3.63) is 35.6 Å². The van der Waals surface area contributed by atoms with E-state index in [1.54, 1.807) is 23.1 Å². The van der Waals surface area contributed by atoms with Crippen LogP contribution in [0, 0.1) is 5.82 Å². The summed E-state index contributed by atoms with van der Waals surface area (Å²) in [5.41, 5.74) is 0.355. The molecule has 1 saturated heterocycles. The zero-order chi connectivity index (χ0) is 13.8. The van der Waals surface area contributed by atoms with Crippen LogP contribution in [0.1, 0.15) is 24.8 Å². The zero-order valence-electron chi connectivity index (χ0n) is 10.5. The van der Waals surface area contributed by atoms with Gasteiger partial charge < -0.3 is 10.0 Å². The third-order valence-corrected chi connectivity index (χ3v) is 3.41. The Morgan fingerprint density at radius 2 is 2.11 bits per heavy atom. The Bertz CT molecular complexity index is 489. The molecule has 1 aromatic carbocycles. The van der Waals surface area contributed by atoms with Gasteiger partial charge in [0.25, 0.3) is 0 Å². The number of hydrogen-bond donors (Lipinski definition) is 1. The third kappa shape index (κ3) is 3.30. The van der Waals surface area contributed by atoms with Crippen LogP contribution < -0.4 is 0 Å². The van der Waals surface area contributed by atoms with E-state index in [0.717, 1.165) is 6.42 Å². The number of carboxylic acid groups (broad SMARTS) is 1. The van der Waals surface area contributed by atoms with Gasteiger partial charge in [-0.15, -0.1) is 0 Å². The number of benzene rings is 1.